The number of ether oxygens (including phenoxy) is 2. The standard InChI is InChI=1S/C48H43N3O2/c1-30-15-20-45-41(24-30)48(39-18-16-33(26-46(39)53-45)31-8-6-9-32(25-31)34-10-7-22-49-28-34)38-12-3-5-14-44(38)52-47-27-35(17-19-40(47)48)51-42-13-4-2-11-36(42)37-21-23-50-29-43(37)51/h2-7,9-13,15-16,18,20-23,25-27,29-31,36,42,44,49H,8,14,17,19,24,28H2,1H3. The van der Waals surface area contributed by atoms with Gasteiger partial charge in [-0.2, -0.15) is 0 Å². The number of nitrogens with zero attached hydrogens (tertiary/aromatic N) is 2. The molecule has 6 unspecified atom stereocenters. The van der Waals surface area contributed by atoms with Gasteiger partial charge in [-0.25, -0.2) is 0 Å². The van der Waals surface area contributed by atoms with Crippen molar-refractivity contribution in [3.63, 3.8) is 0 Å². The summed E-state index contributed by atoms with van der Waals surface area (Å²) in [6.45, 7) is 3.19. The molecular formula is C48H43N3O2. The van der Waals surface area contributed by atoms with E-state index in [1.807, 2.05) is 12.4 Å². The Labute approximate surface area is 311 Å². The largest absolute Gasteiger partial charge is 0.486 e. The number of pyridine rings is 1. The second-order valence-electron chi connectivity index (χ2n) is 15.8. The summed E-state index contributed by atoms with van der Waals surface area (Å²) in [7, 11) is 0. The van der Waals surface area contributed by atoms with Crippen LogP contribution in [0.2, 0.25) is 0 Å². The van der Waals surface area contributed by atoms with Crippen LogP contribution in [-0.4, -0.2) is 23.7 Å². The number of hydrogen-bond donors (Lipinski definition) is 1. The van der Waals surface area contributed by atoms with Crippen LogP contribution in [0.25, 0.3) is 0 Å². The summed E-state index contributed by atoms with van der Waals surface area (Å²) in [6.07, 6.45) is 44.9. The minimum Gasteiger partial charge on any atom is -0.486 e. The number of hydrogen-bond acceptors (Lipinski definition) is 5. The van der Waals surface area contributed by atoms with E-state index < -0.39 is 5.41 Å². The van der Waals surface area contributed by atoms with Gasteiger partial charge in [-0.3, -0.25) is 4.98 Å². The average molecular weight is 694 g/mol. The molecule has 1 N–H and O–H groups in total. The van der Waals surface area contributed by atoms with Crippen LogP contribution >= 0.6 is 0 Å². The Kier molecular flexibility index (Phi) is 7.02. The van der Waals surface area contributed by atoms with Gasteiger partial charge in [0.25, 0.3) is 0 Å². The molecular weight excluding hydrogens is 651 g/mol. The molecule has 262 valence electrons. The average Bonchev–Trinajstić information content (AvgIpc) is 3.55. The SMILES string of the molecule is CC1C=CC2=C(C1)C1(C3=CC=CCC3OC3=C1CCC(N1c4cnccc4C4C=CC=CC41)=C3)c1ccc(C3C=C(C4=CC=CNC4)C=CC3)cc1O2. The summed E-state index contributed by atoms with van der Waals surface area (Å²) >= 11 is 0. The van der Waals surface area contributed by atoms with Crippen LogP contribution in [0.3, 0.4) is 0 Å². The zero-order valence-electron chi connectivity index (χ0n) is 30.0. The number of aromatic nitrogens is 1. The van der Waals surface area contributed by atoms with Gasteiger partial charge in [0.2, 0.25) is 0 Å². The van der Waals surface area contributed by atoms with Crippen LogP contribution in [0.15, 0.2) is 179 Å². The molecule has 9 aliphatic rings. The number of nitrogens with one attached hydrogen (secondary N) is 1. The highest BCUT2D eigenvalue weighted by molar-refractivity contribution is 5.72. The van der Waals surface area contributed by atoms with E-state index in [2.05, 4.69) is 144 Å². The molecule has 4 aliphatic heterocycles. The molecule has 0 amide bonds. The molecule has 0 bridgehead atoms. The third kappa shape index (κ3) is 4.65. The van der Waals surface area contributed by atoms with Crippen LogP contribution < -0.4 is 15.0 Å². The highest BCUT2D eigenvalue weighted by Gasteiger charge is 2.56. The topological polar surface area (TPSA) is 46.6 Å². The highest BCUT2D eigenvalue weighted by atomic mass is 16.5. The summed E-state index contributed by atoms with van der Waals surface area (Å²) in [5.74, 6) is 4.05. The van der Waals surface area contributed by atoms with E-state index in [0.717, 1.165) is 55.9 Å². The molecule has 0 fully saturated rings. The summed E-state index contributed by atoms with van der Waals surface area (Å²) in [5, 5.41) is 3.38. The van der Waals surface area contributed by atoms with E-state index in [-0.39, 0.29) is 18.1 Å². The van der Waals surface area contributed by atoms with Crippen molar-refractivity contribution >= 4 is 5.69 Å². The Hall–Kier alpha value is -5.55. The van der Waals surface area contributed by atoms with Crippen LogP contribution in [0.5, 0.6) is 5.75 Å². The Balaban J connectivity index is 1.08. The van der Waals surface area contributed by atoms with Crippen molar-refractivity contribution in [3.8, 4) is 5.75 Å². The maximum atomic E-state index is 7.14. The normalized spacial score (nSPS) is 31.2. The molecule has 53 heavy (non-hydrogen) atoms. The van der Waals surface area contributed by atoms with Gasteiger partial charge in [0.1, 0.15) is 23.4 Å². The zero-order chi connectivity index (χ0) is 35.1. The highest BCUT2D eigenvalue weighted by Crippen LogP contribution is 2.62. The van der Waals surface area contributed by atoms with E-state index in [9.17, 15) is 0 Å². The fraction of sp³-hybridized carbons (Fsp3) is 0.271. The molecule has 5 aliphatic carbocycles. The first-order valence-electron chi connectivity index (χ1n) is 19.4. The van der Waals surface area contributed by atoms with Gasteiger partial charge in [0, 0.05) is 42.3 Å². The predicted molar refractivity (Wildman–Crippen MR) is 211 cm³/mol. The first kappa shape index (κ1) is 31.0. The van der Waals surface area contributed by atoms with Gasteiger partial charge in [0.15, 0.2) is 0 Å². The van der Waals surface area contributed by atoms with Gasteiger partial charge in [0.05, 0.1) is 23.3 Å². The third-order valence-electron chi connectivity index (χ3n) is 12.8. The van der Waals surface area contributed by atoms with E-state index in [0.29, 0.717) is 11.8 Å². The number of allylic oxidation sites excluding steroid dienone is 15. The van der Waals surface area contributed by atoms with Crippen molar-refractivity contribution in [2.45, 2.75) is 68.4 Å². The lowest BCUT2D eigenvalue weighted by molar-refractivity contribution is 0.119. The van der Waals surface area contributed by atoms with Crippen LogP contribution in [0.1, 0.15) is 67.6 Å². The molecule has 5 nitrogen and oxygen atoms in total. The quantitative estimate of drug-likeness (QED) is 0.347. The lowest BCUT2D eigenvalue weighted by Crippen LogP contribution is -2.48. The Bertz CT molecular complexity index is 2340. The van der Waals surface area contributed by atoms with E-state index in [1.54, 1.807) is 0 Å². The van der Waals surface area contributed by atoms with Crippen molar-refractivity contribution in [2.75, 3.05) is 11.4 Å². The lowest BCUT2D eigenvalue weighted by atomic mass is 9.56. The summed E-state index contributed by atoms with van der Waals surface area (Å²) < 4.78 is 14.2. The molecule has 0 radical (unpaired) electrons. The van der Waals surface area contributed by atoms with Crippen LogP contribution in [0.4, 0.5) is 5.69 Å². The number of rotatable bonds is 3. The Morgan fingerprint density at radius 2 is 1.89 bits per heavy atom. The van der Waals surface area contributed by atoms with Crippen molar-refractivity contribution < 1.29 is 9.47 Å². The summed E-state index contributed by atoms with van der Waals surface area (Å²) in [4.78, 5) is 7.13. The van der Waals surface area contributed by atoms with Crippen LogP contribution in [0, 0.1) is 5.92 Å². The number of anilines is 1. The fourth-order valence-corrected chi connectivity index (χ4v) is 10.5. The van der Waals surface area contributed by atoms with Crippen LogP contribution in [-0.2, 0) is 10.2 Å². The molecule has 1 aromatic carbocycles. The molecule has 0 saturated heterocycles. The molecule has 5 heterocycles. The molecule has 0 saturated carbocycles. The molecule has 11 rings (SSSR count). The maximum absolute atomic E-state index is 7.14. The maximum Gasteiger partial charge on any atom is 0.132 e. The second-order valence-corrected chi connectivity index (χ2v) is 15.8. The summed E-state index contributed by atoms with van der Waals surface area (Å²) in [6, 6.07) is 9.58. The minimum absolute atomic E-state index is 0.0480. The minimum atomic E-state index is -0.426. The second kappa shape index (κ2) is 12.0. The van der Waals surface area contributed by atoms with E-state index in [4.69, 9.17) is 9.47 Å². The first-order valence-corrected chi connectivity index (χ1v) is 19.4. The predicted octanol–water partition coefficient (Wildman–Crippen LogP) is 9.89. The Morgan fingerprint density at radius 1 is 0.925 bits per heavy atom. The van der Waals surface area contributed by atoms with Gasteiger partial charge in [-0.1, -0.05) is 92.0 Å². The van der Waals surface area contributed by atoms with Gasteiger partial charge < -0.3 is 19.7 Å². The summed E-state index contributed by atoms with van der Waals surface area (Å²) in [5.41, 5.74) is 12.7. The first-order chi connectivity index (χ1) is 26.2. The van der Waals surface area contributed by atoms with Gasteiger partial charge in [-0.15, -0.1) is 0 Å². The fourth-order valence-electron chi connectivity index (χ4n) is 10.5. The number of benzene rings is 1. The van der Waals surface area contributed by atoms with Crippen molar-refractivity contribution in [2.24, 2.45) is 5.92 Å². The molecule has 2 aromatic rings. The number of dihydropyridines is 1. The third-order valence-corrected chi connectivity index (χ3v) is 12.8. The smallest absolute Gasteiger partial charge is 0.132 e. The van der Waals surface area contributed by atoms with E-state index >= 15 is 0 Å². The van der Waals surface area contributed by atoms with Gasteiger partial charge in [-0.05, 0) is 107 Å². The van der Waals surface area contributed by atoms with Gasteiger partial charge >= 0.3 is 0 Å². The van der Waals surface area contributed by atoms with Crippen molar-refractivity contribution in [3.05, 3.63) is 196 Å². The van der Waals surface area contributed by atoms with E-state index in [1.165, 1.54) is 55.9 Å². The van der Waals surface area contributed by atoms with Crippen molar-refractivity contribution in [1.29, 1.82) is 0 Å². The molecule has 1 spiro atoms. The molecule has 5 heteroatoms. The Morgan fingerprint density at radius 3 is 2.83 bits per heavy atom. The lowest BCUT2D eigenvalue weighted by Gasteiger charge is -2.52. The van der Waals surface area contributed by atoms with Crippen molar-refractivity contribution in [1.82, 2.24) is 10.3 Å². The number of fused-ring (bicyclic) bond motifs is 9. The monoisotopic (exact) mass is 693 g/mol. The molecule has 6 atom stereocenters. The zero-order valence-corrected chi connectivity index (χ0v) is 30.0. The molecule has 1 aromatic heterocycles.